The highest BCUT2D eigenvalue weighted by Gasteiger charge is 2.38. The molecule has 0 atom stereocenters. The van der Waals surface area contributed by atoms with Crippen molar-refractivity contribution in [2.75, 3.05) is 9.80 Å². The van der Waals surface area contributed by atoms with Gasteiger partial charge in [0.05, 0.1) is 11.4 Å². The third-order valence-electron chi connectivity index (χ3n) is 17.9. The van der Waals surface area contributed by atoms with Crippen molar-refractivity contribution in [1.82, 2.24) is 0 Å². The van der Waals surface area contributed by atoms with Crippen LogP contribution in [-0.2, 0) is 10.8 Å². The lowest BCUT2D eigenvalue weighted by Crippen LogP contribution is -2.18. The van der Waals surface area contributed by atoms with Gasteiger partial charge < -0.3 is 9.80 Å². The minimum absolute atomic E-state index is 0.154. The summed E-state index contributed by atoms with van der Waals surface area (Å²) in [4.78, 5) is 5.08. The van der Waals surface area contributed by atoms with Crippen molar-refractivity contribution in [2.45, 2.75) is 66.2 Å². The Morgan fingerprint density at radius 3 is 1.04 bits per heavy atom. The number of hydrogen-bond acceptors (Lipinski definition) is 2. The molecule has 14 rings (SSSR count). The van der Waals surface area contributed by atoms with Crippen molar-refractivity contribution in [3.8, 4) is 55.6 Å². The number of aryl methyl sites for hydroxylation is 4. The Kier molecular flexibility index (Phi) is 11.5. The van der Waals surface area contributed by atoms with Crippen LogP contribution in [0.5, 0.6) is 0 Å². The quantitative estimate of drug-likeness (QED) is 0.142. The summed E-state index contributed by atoms with van der Waals surface area (Å²) in [6.45, 7) is 18.6. The highest BCUT2D eigenvalue weighted by molar-refractivity contribution is 5.98. The fraction of sp³-hybridized carbons (Fsp3) is 0.128. The molecule has 0 aliphatic heterocycles. The highest BCUT2D eigenvalue weighted by Crippen LogP contribution is 2.54. The van der Waals surface area contributed by atoms with Crippen LogP contribution in [0.4, 0.5) is 34.1 Å². The molecule has 0 bridgehead atoms. The predicted octanol–water partition coefficient (Wildman–Crippen LogP) is 21.8. The number of benzene rings is 12. The summed E-state index contributed by atoms with van der Waals surface area (Å²) >= 11 is 0. The maximum absolute atomic E-state index is 2.54. The zero-order valence-corrected chi connectivity index (χ0v) is 47.0. The molecule has 2 aliphatic carbocycles. The van der Waals surface area contributed by atoms with Gasteiger partial charge in [-0.15, -0.1) is 0 Å². The van der Waals surface area contributed by atoms with E-state index >= 15 is 0 Å². The summed E-state index contributed by atoms with van der Waals surface area (Å²) in [6, 6.07) is 91.1. The van der Waals surface area contributed by atoms with Crippen molar-refractivity contribution in [1.29, 1.82) is 0 Å². The maximum Gasteiger partial charge on any atom is 0.0569 e. The van der Waals surface area contributed by atoms with Crippen LogP contribution >= 0.6 is 0 Å². The monoisotopic (exact) mass is 1030 g/mol. The lowest BCUT2D eigenvalue weighted by Gasteiger charge is -2.33. The molecule has 0 fully saturated rings. The van der Waals surface area contributed by atoms with Crippen molar-refractivity contribution in [3.05, 3.63) is 287 Å². The van der Waals surface area contributed by atoms with Crippen LogP contribution in [0.15, 0.2) is 243 Å². The minimum Gasteiger partial charge on any atom is -0.309 e. The smallest absolute Gasteiger partial charge is 0.0569 e. The first kappa shape index (κ1) is 49.1. The number of nitrogens with zero attached hydrogens (tertiary/aromatic N) is 2. The van der Waals surface area contributed by atoms with E-state index in [1.807, 2.05) is 0 Å². The van der Waals surface area contributed by atoms with Gasteiger partial charge in [-0.25, -0.2) is 0 Å². The van der Waals surface area contributed by atoms with Crippen molar-refractivity contribution < 1.29 is 0 Å². The molecule has 80 heavy (non-hydrogen) atoms. The predicted molar refractivity (Wildman–Crippen MR) is 341 cm³/mol. The maximum atomic E-state index is 2.54. The zero-order valence-electron chi connectivity index (χ0n) is 47.0. The van der Waals surface area contributed by atoms with Gasteiger partial charge in [0.1, 0.15) is 0 Å². The molecule has 386 valence electrons. The van der Waals surface area contributed by atoms with Gasteiger partial charge >= 0.3 is 0 Å². The van der Waals surface area contributed by atoms with E-state index < -0.39 is 0 Å². The molecule has 0 radical (unpaired) electrons. The summed E-state index contributed by atoms with van der Waals surface area (Å²) < 4.78 is 0. The summed E-state index contributed by atoms with van der Waals surface area (Å²) in [7, 11) is 0. The van der Waals surface area contributed by atoms with Crippen molar-refractivity contribution >= 4 is 55.7 Å². The molecule has 0 amide bonds. The first-order valence-electron chi connectivity index (χ1n) is 28.3. The molecule has 2 aliphatic rings. The molecule has 0 heterocycles. The Labute approximate surface area is 471 Å². The number of para-hydroxylation sites is 2. The van der Waals surface area contributed by atoms with Crippen LogP contribution in [0.1, 0.15) is 72.2 Å². The third-order valence-corrected chi connectivity index (χ3v) is 17.9. The Balaban J connectivity index is 0.907. The van der Waals surface area contributed by atoms with Crippen LogP contribution in [-0.4, -0.2) is 0 Å². The lowest BCUT2D eigenvalue weighted by atomic mass is 9.82. The zero-order chi connectivity index (χ0) is 54.6. The molecule has 0 saturated heterocycles. The van der Waals surface area contributed by atoms with Crippen molar-refractivity contribution in [3.63, 3.8) is 0 Å². The van der Waals surface area contributed by atoms with Crippen LogP contribution in [0.2, 0.25) is 0 Å². The molecule has 12 aromatic rings. The second-order valence-corrected chi connectivity index (χ2v) is 23.5. The summed E-state index contributed by atoms with van der Waals surface area (Å²) in [6.07, 6.45) is 0. The van der Waals surface area contributed by atoms with Gasteiger partial charge in [0, 0.05) is 44.7 Å². The van der Waals surface area contributed by atoms with Gasteiger partial charge in [-0.3, -0.25) is 0 Å². The molecule has 0 N–H and O–H groups in total. The molecular weight excluding hydrogens is 965 g/mol. The van der Waals surface area contributed by atoms with E-state index in [0.717, 1.165) is 22.7 Å². The fourth-order valence-electron chi connectivity index (χ4n) is 13.7. The Hall–Kier alpha value is -9.24. The lowest BCUT2D eigenvalue weighted by molar-refractivity contribution is 0.660. The van der Waals surface area contributed by atoms with E-state index in [-0.39, 0.29) is 10.8 Å². The minimum atomic E-state index is -0.154. The van der Waals surface area contributed by atoms with Gasteiger partial charge in [0.2, 0.25) is 0 Å². The summed E-state index contributed by atoms with van der Waals surface area (Å²) in [5.74, 6) is 0. The molecule has 0 spiro atoms. The molecule has 2 heteroatoms. The number of rotatable bonds is 9. The standard InChI is InChI=1S/C78H64N2/c1-49-19-17-27-63(59-33-31-53-21-9-11-23-55(53)45-59)75(49)79(61-37-39-67-65-25-13-15-29-69(65)77(5,6)71(67)47-61)73-41-35-57(43-51(73)3)58-36-42-74(52(4)44-58)80(62-38-40-68-66-26-14-16-30-70(66)78(7,8)72(68)48-62)76-50(2)20-18-28-64(76)60-34-32-54-22-10-12-24-56(54)46-60/h9-48H,1-8H3. The molecule has 0 saturated carbocycles. The number of anilines is 6. The second-order valence-electron chi connectivity index (χ2n) is 23.5. The van der Waals surface area contributed by atoms with Crippen molar-refractivity contribution in [2.24, 2.45) is 0 Å². The van der Waals surface area contributed by atoms with Crippen LogP contribution in [0.3, 0.4) is 0 Å². The van der Waals surface area contributed by atoms with Crippen LogP contribution in [0, 0.1) is 27.7 Å². The first-order valence-corrected chi connectivity index (χ1v) is 28.3. The topological polar surface area (TPSA) is 6.48 Å². The van der Waals surface area contributed by atoms with Gasteiger partial charge in [-0.2, -0.15) is 0 Å². The molecular formula is C78H64N2. The number of hydrogen-bond donors (Lipinski definition) is 0. The summed E-state index contributed by atoms with van der Waals surface area (Å²) in [5, 5.41) is 4.95. The van der Waals surface area contributed by atoms with Gasteiger partial charge in [-0.1, -0.05) is 210 Å². The average molecular weight is 1030 g/mol. The van der Waals surface area contributed by atoms with E-state index in [1.165, 1.54) is 133 Å². The summed E-state index contributed by atoms with van der Waals surface area (Å²) in [5.41, 5.74) is 29.4. The molecule has 0 unspecified atom stereocenters. The van der Waals surface area contributed by atoms with Gasteiger partial charge in [-0.05, 0) is 199 Å². The average Bonchev–Trinajstić information content (AvgIpc) is 3.86. The Morgan fingerprint density at radius 1 is 0.250 bits per heavy atom. The van der Waals surface area contributed by atoms with E-state index in [0.29, 0.717) is 0 Å². The Morgan fingerprint density at radius 2 is 0.613 bits per heavy atom. The SMILES string of the molecule is Cc1cc(-c2ccc(N(c3ccc4c(c3)C(C)(C)c3ccccc3-4)c3c(C)cccc3-c3ccc4ccccc4c3)c(C)c2)ccc1N(c1ccc2c(c1)C(C)(C)c1ccccc1-2)c1c(C)cccc1-c1ccc2ccccc2c1. The van der Waals surface area contributed by atoms with E-state index in [1.54, 1.807) is 0 Å². The molecule has 12 aromatic carbocycles. The first-order chi connectivity index (χ1) is 38.8. The van der Waals surface area contributed by atoms with E-state index in [2.05, 4.69) is 308 Å². The Bertz CT molecular complexity index is 4200. The van der Waals surface area contributed by atoms with Crippen LogP contribution < -0.4 is 9.80 Å². The largest absolute Gasteiger partial charge is 0.309 e. The van der Waals surface area contributed by atoms with Crippen LogP contribution in [0.25, 0.3) is 77.2 Å². The highest BCUT2D eigenvalue weighted by atomic mass is 15.2. The second kappa shape index (κ2) is 18.7. The fourth-order valence-corrected chi connectivity index (χ4v) is 13.7. The molecule has 0 aromatic heterocycles. The third kappa shape index (κ3) is 7.83. The van der Waals surface area contributed by atoms with E-state index in [4.69, 9.17) is 0 Å². The van der Waals surface area contributed by atoms with Gasteiger partial charge in [0.25, 0.3) is 0 Å². The molecule has 2 nitrogen and oxygen atoms in total. The van der Waals surface area contributed by atoms with E-state index in [9.17, 15) is 0 Å². The van der Waals surface area contributed by atoms with Gasteiger partial charge in [0.15, 0.2) is 0 Å². The normalized spacial score (nSPS) is 13.4. The number of fused-ring (bicyclic) bond motifs is 8.